The van der Waals surface area contributed by atoms with Crippen LogP contribution >= 0.6 is 0 Å². The van der Waals surface area contributed by atoms with Gasteiger partial charge in [0.2, 0.25) is 5.88 Å². The molecule has 0 radical (unpaired) electrons. The van der Waals surface area contributed by atoms with Gasteiger partial charge in [0.25, 0.3) is 0 Å². The van der Waals surface area contributed by atoms with Gasteiger partial charge in [-0.1, -0.05) is 51.0 Å². The van der Waals surface area contributed by atoms with Crippen molar-refractivity contribution in [2.24, 2.45) is 9.98 Å². The first-order chi connectivity index (χ1) is 19.6. The number of ether oxygens (including phenoxy) is 2. The number of methoxy groups -OCH3 is 2. The highest BCUT2D eigenvalue weighted by molar-refractivity contribution is 6.02. The lowest BCUT2D eigenvalue weighted by Gasteiger charge is -2.18. The van der Waals surface area contributed by atoms with Gasteiger partial charge in [-0.25, -0.2) is 4.39 Å². The highest BCUT2D eigenvalue weighted by Crippen LogP contribution is 2.31. The first-order valence-corrected chi connectivity index (χ1v) is 13.6. The monoisotopic (exact) mass is 573 g/mol. The lowest BCUT2D eigenvalue weighted by molar-refractivity contribution is -0.0925. The lowest BCUT2D eigenvalue weighted by atomic mass is 9.97. The van der Waals surface area contributed by atoms with Crippen molar-refractivity contribution in [1.82, 2.24) is 5.32 Å². The summed E-state index contributed by atoms with van der Waals surface area (Å²) < 4.78 is 65.1. The van der Waals surface area contributed by atoms with Crippen molar-refractivity contribution in [1.29, 1.82) is 0 Å². The molecule has 0 amide bonds. The second kappa shape index (κ2) is 16.4. The Hall–Kier alpha value is -3.88. The number of alkyl halides is 3. The summed E-state index contributed by atoms with van der Waals surface area (Å²) in [5.41, 5.74) is 2.63. The Morgan fingerprint density at radius 1 is 0.976 bits per heavy atom. The maximum absolute atomic E-state index is 13.6. The molecule has 41 heavy (non-hydrogen) atoms. The Balaban J connectivity index is 2.57. The minimum absolute atomic E-state index is 0.144. The Morgan fingerprint density at radius 3 is 2.20 bits per heavy atom. The molecule has 0 aromatic heterocycles. The third-order valence-corrected chi connectivity index (χ3v) is 6.17. The molecule has 0 aliphatic rings. The number of nitrogens with one attached hydrogen (secondary N) is 1. The van der Waals surface area contributed by atoms with Gasteiger partial charge in [0.15, 0.2) is 0 Å². The second-order valence-corrected chi connectivity index (χ2v) is 9.20. The van der Waals surface area contributed by atoms with Crippen molar-refractivity contribution in [2.75, 3.05) is 20.8 Å². The van der Waals surface area contributed by atoms with Crippen LogP contribution in [0, 0.1) is 12.7 Å². The molecule has 0 aliphatic carbocycles. The Morgan fingerprint density at radius 2 is 1.63 bits per heavy atom. The van der Waals surface area contributed by atoms with Gasteiger partial charge in [0.1, 0.15) is 23.1 Å². The van der Waals surface area contributed by atoms with Crippen LogP contribution in [-0.4, -0.2) is 39.0 Å². The number of halogens is 4. The summed E-state index contributed by atoms with van der Waals surface area (Å²) in [4.78, 5) is 8.49. The first-order valence-electron chi connectivity index (χ1n) is 13.6. The van der Waals surface area contributed by atoms with Crippen molar-refractivity contribution < 1.29 is 27.0 Å². The predicted molar refractivity (Wildman–Crippen MR) is 159 cm³/mol. The van der Waals surface area contributed by atoms with E-state index in [9.17, 15) is 17.6 Å². The fraction of sp³-hybridized carbons (Fsp3) is 0.375. The van der Waals surface area contributed by atoms with Gasteiger partial charge in [-0.05, 0) is 73.7 Å². The number of benzene rings is 2. The van der Waals surface area contributed by atoms with Crippen molar-refractivity contribution in [3.8, 4) is 16.9 Å². The van der Waals surface area contributed by atoms with Crippen LogP contribution in [0.25, 0.3) is 11.1 Å². The van der Waals surface area contributed by atoms with E-state index < -0.39 is 11.9 Å². The van der Waals surface area contributed by atoms with E-state index in [1.807, 2.05) is 39.0 Å². The fourth-order valence-corrected chi connectivity index (χ4v) is 3.79. The van der Waals surface area contributed by atoms with E-state index in [-0.39, 0.29) is 18.8 Å². The van der Waals surface area contributed by atoms with Gasteiger partial charge in [0.05, 0.1) is 14.2 Å². The van der Waals surface area contributed by atoms with Crippen LogP contribution in [0.3, 0.4) is 0 Å². The zero-order valence-electron chi connectivity index (χ0n) is 24.5. The molecule has 2 rings (SSSR count). The first kappa shape index (κ1) is 33.3. The molecule has 0 atom stereocenters. The third kappa shape index (κ3) is 10.2. The van der Waals surface area contributed by atoms with Gasteiger partial charge in [-0.3, -0.25) is 4.99 Å². The zero-order valence-corrected chi connectivity index (χ0v) is 24.5. The normalized spacial score (nSPS) is 13.6. The standard InChI is InChI=1S/C32H39F4N3O2/c1-7-10-12-29(32(34,35)36)37-20-23(9-3)21-38-31(39-30(41-6)13-11-8-2)27-18-25(19-28(40-5)22(27)4)24-14-16-26(33)17-15-24/h9,12-20H,7-8,10-11,21H2,1-6H3,(H,38,39)/b23-9+,29-12+,30-13-,37-20-. The van der Waals surface area contributed by atoms with Crippen molar-refractivity contribution in [2.45, 2.75) is 59.6 Å². The minimum atomic E-state index is -4.55. The second-order valence-electron chi connectivity index (χ2n) is 9.20. The topological polar surface area (TPSA) is 55.2 Å². The van der Waals surface area contributed by atoms with E-state index in [1.165, 1.54) is 25.5 Å². The van der Waals surface area contributed by atoms with E-state index in [2.05, 4.69) is 10.3 Å². The molecule has 0 saturated heterocycles. The number of hydrogen-bond acceptors (Lipinski definition) is 4. The number of allylic oxidation sites excluding steroid dienone is 4. The SMILES string of the molecule is C\C=C(/C=N\C(=C\CCC)C(F)(F)F)CN/C(=N/C(=C/CCC)OC)c1cc(-c2ccc(F)cc2)cc(OC)c1C. The molecule has 222 valence electrons. The zero-order chi connectivity index (χ0) is 30.4. The van der Waals surface area contributed by atoms with Crippen molar-refractivity contribution in [3.05, 3.63) is 88.7 Å². The molecule has 1 N–H and O–H groups in total. The molecule has 0 aliphatic heterocycles. The molecule has 0 heterocycles. The third-order valence-electron chi connectivity index (χ3n) is 6.17. The summed E-state index contributed by atoms with van der Waals surface area (Å²) in [6.45, 7) is 7.60. The van der Waals surface area contributed by atoms with Gasteiger partial charge in [-0.15, -0.1) is 0 Å². The average Bonchev–Trinajstić information content (AvgIpc) is 2.95. The van der Waals surface area contributed by atoms with Gasteiger partial charge in [0, 0.05) is 23.9 Å². The molecular weight excluding hydrogens is 534 g/mol. The van der Waals surface area contributed by atoms with Crippen LogP contribution in [0.1, 0.15) is 57.6 Å². The van der Waals surface area contributed by atoms with Gasteiger partial charge < -0.3 is 14.8 Å². The van der Waals surface area contributed by atoms with Crippen LogP contribution in [0.5, 0.6) is 5.75 Å². The molecule has 5 nitrogen and oxygen atoms in total. The summed E-state index contributed by atoms with van der Waals surface area (Å²) in [6, 6.07) is 9.88. The van der Waals surface area contributed by atoms with E-state index in [0.29, 0.717) is 35.0 Å². The quantitative estimate of drug-likeness (QED) is 0.113. The maximum atomic E-state index is 13.6. The summed E-state index contributed by atoms with van der Waals surface area (Å²) in [5, 5.41) is 3.27. The minimum Gasteiger partial charge on any atom is -0.496 e. The Bertz CT molecular complexity index is 1290. The Labute approximate surface area is 240 Å². The fourth-order valence-electron chi connectivity index (χ4n) is 3.79. The van der Waals surface area contributed by atoms with Crippen LogP contribution < -0.4 is 10.1 Å². The van der Waals surface area contributed by atoms with E-state index >= 15 is 0 Å². The molecule has 2 aromatic rings. The van der Waals surface area contributed by atoms with E-state index in [4.69, 9.17) is 14.5 Å². The van der Waals surface area contributed by atoms with Crippen LogP contribution in [-0.2, 0) is 4.74 Å². The van der Waals surface area contributed by atoms with Crippen LogP contribution in [0.4, 0.5) is 17.6 Å². The van der Waals surface area contributed by atoms with Crippen LogP contribution in [0.15, 0.2) is 81.8 Å². The van der Waals surface area contributed by atoms with Gasteiger partial charge in [-0.2, -0.15) is 18.2 Å². The summed E-state index contributed by atoms with van der Waals surface area (Å²) in [7, 11) is 3.08. The number of unbranched alkanes of at least 4 members (excludes halogenated alkanes) is 2. The largest absolute Gasteiger partial charge is 0.496 e. The number of amidine groups is 1. The number of rotatable bonds is 13. The lowest BCUT2D eigenvalue weighted by Crippen LogP contribution is -2.28. The number of hydrogen-bond donors (Lipinski definition) is 1. The molecule has 0 spiro atoms. The maximum Gasteiger partial charge on any atom is 0.433 e. The van der Waals surface area contributed by atoms with Crippen molar-refractivity contribution in [3.63, 3.8) is 0 Å². The number of nitrogens with zero attached hydrogens (tertiary/aromatic N) is 2. The number of aliphatic imine (C=N–C) groups is 2. The smallest absolute Gasteiger partial charge is 0.433 e. The summed E-state index contributed by atoms with van der Waals surface area (Å²) in [5.74, 6) is 1.06. The highest BCUT2D eigenvalue weighted by Gasteiger charge is 2.33. The average molecular weight is 574 g/mol. The molecule has 0 bridgehead atoms. The molecule has 9 heteroatoms. The molecule has 0 fully saturated rings. The summed E-state index contributed by atoms with van der Waals surface area (Å²) >= 11 is 0. The molecule has 0 saturated carbocycles. The highest BCUT2D eigenvalue weighted by atomic mass is 19.4. The van der Waals surface area contributed by atoms with E-state index in [0.717, 1.165) is 35.6 Å². The molecule has 0 unspecified atom stereocenters. The molecule has 2 aromatic carbocycles. The Kier molecular flexibility index (Phi) is 13.3. The van der Waals surface area contributed by atoms with Crippen molar-refractivity contribution >= 4 is 12.1 Å². The molecular formula is C32H39F4N3O2. The van der Waals surface area contributed by atoms with Crippen LogP contribution in [0.2, 0.25) is 0 Å². The van der Waals surface area contributed by atoms with Gasteiger partial charge >= 0.3 is 6.18 Å². The summed E-state index contributed by atoms with van der Waals surface area (Å²) in [6.07, 6.45) is 3.83. The predicted octanol–water partition coefficient (Wildman–Crippen LogP) is 8.70. The van der Waals surface area contributed by atoms with E-state index in [1.54, 1.807) is 32.2 Å².